The van der Waals surface area contributed by atoms with Crippen molar-refractivity contribution in [3.8, 4) is 0 Å². The van der Waals surface area contributed by atoms with Crippen LogP contribution in [0.2, 0.25) is 0 Å². The Balaban J connectivity index is 2.50. The molecule has 1 unspecified atom stereocenters. The van der Waals surface area contributed by atoms with Crippen LogP contribution in [0.15, 0.2) is 25.0 Å². The molecule has 0 amide bonds. The van der Waals surface area contributed by atoms with Gasteiger partial charge < -0.3 is 0 Å². The van der Waals surface area contributed by atoms with Crippen LogP contribution in [0.5, 0.6) is 0 Å². The topological polar surface area (TPSA) is 55.9 Å². The van der Waals surface area contributed by atoms with E-state index in [-0.39, 0.29) is 6.04 Å². The van der Waals surface area contributed by atoms with Gasteiger partial charge >= 0.3 is 0 Å². The van der Waals surface area contributed by atoms with Gasteiger partial charge in [0.15, 0.2) is 0 Å². The lowest BCUT2D eigenvalue weighted by molar-refractivity contribution is 0.531. The van der Waals surface area contributed by atoms with Gasteiger partial charge in [0.05, 0.1) is 6.20 Å². The first kappa shape index (κ1) is 9.95. The van der Waals surface area contributed by atoms with Crippen LogP contribution in [0.4, 0.5) is 0 Å². The Hall–Kier alpha value is -1.13. The average Bonchev–Trinajstić information content (AvgIpc) is 2.50. The van der Waals surface area contributed by atoms with Crippen molar-refractivity contribution in [2.24, 2.45) is 12.9 Å². The van der Waals surface area contributed by atoms with Crippen LogP contribution in [-0.2, 0) is 13.5 Å². The second-order valence-corrected chi connectivity index (χ2v) is 3.11. The van der Waals surface area contributed by atoms with Crippen molar-refractivity contribution in [3.63, 3.8) is 0 Å². The van der Waals surface area contributed by atoms with E-state index >= 15 is 0 Å². The first-order valence-corrected chi connectivity index (χ1v) is 4.30. The summed E-state index contributed by atoms with van der Waals surface area (Å²) in [6.45, 7) is 3.68. The molecular formula is C9H16N4. The largest absolute Gasteiger partial charge is 0.276 e. The molecule has 0 bridgehead atoms. The lowest BCUT2D eigenvalue weighted by Gasteiger charge is -2.11. The SMILES string of the molecule is C=CCC(Cc1cnn(C)c1)NN. The quantitative estimate of drug-likeness (QED) is 0.391. The van der Waals surface area contributed by atoms with Gasteiger partial charge in [-0.3, -0.25) is 16.0 Å². The number of nitrogens with one attached hydrogen (secondary N) is 1. The Bertz CT molecular complexity index is 266. The smallest absolute Gasteiger partial charge is 0.0522 e. The fraction of sp³-hybridized carbons (Fsp3) is 0.444. The van der Waals surface area contributed by atoms with Gasteiger partial charge in [-0.25, -0.2) is 0 Å². The van der Waals surface area contributed by atoms with Gasteiger partial charge in [0.1, 0.15) is 0 Å². The third-order valence-corrected chi connectivity index (χ3v) is 1.93. The van der Waals surface area contributed by atoms with Gasteiger partial charge in [-0.15, -0.1) is 6.58 Å². The maximum atomic E-state index is 5.39. The highest BCUT2D eigenvalue weighted by Gasteiger charge is 2.06. The molecule has 72 valence electrons. The molecule has 4 heteroatoms. The molecule has 0 aliphatic heterocycles. The van der Waals surface area contributed by atoms with Crippen molar-refractivity contribution < 1.29 is 0 Å². The van der Waals surface area contributed by atoms with E-state index in [9.17, 15) is 0 Å². The maximum absolute atomic E-state index is 5.39. The van der Waals surface area contributed by atoms with E-state index in [0.717, 1.165) is 12.8 Å². The zero-order valence-electron chi connectivity index (χ0n) is 7.90. The number of aromatic nitrogens is 2. The number of rotatable bonds is 5. The molecule has 1 atom stereocenters. The highest BCUT2D eigenvalue weighted by molar-refractivity contribution is 5.06. The third kappa shape index (κ3) is 3.01. The molecule has 1 heterocycles. The minimum Gasteiger partial charge on any atom is -0.276 e. The predicted molar refractivity (Wildman–Crippen MR) is 52.8 cm³/mol. The molecule has 13 heavy (non-hydrogen) atoms. The molecule has 0 fully saturated rings. The summed E-state index contributed by atoms with van der Waals surface area (Å²) in [6, 6.07) is 0.252. The Morgan fingerprint density at radius 2 is 2.62 bits per heavy atom. The first-order valence-electron chi connectivity index (χ1n) is 4.30. The molecule has 0 saturated carbocycles. The summed E-state index contributed by atoms with van der Waals surface area (Å²) in [6.07, 6.45) is 7.46. The lowest BCUT2D eigenvalue weighted by Crippen LogP contribution is -2.36. The number of nitrogens with zero attached hydrogens (tertiary/aromatic N) is 2. The van der Waals surface area contributed by atoms with Crippen LogP contribution < -0.4 is 11.3 Å². The van der Waals surface area contributed by atoms with Crippen LogP contribution in [0.3, 0.4) is 0 Å². The Morgan fingerprint density at radius 3 is 3.08 bits per heavy atom. The highest BCUT2D eigenvalue weighted by Crippen LogP contribution is 2.04. The summed E-state index contributed by atoms with van der Waals surface area (Å²) in [4.78, 5) is 0. The number of hydrogen-bond donors (Lipinski definition) is 2. The Morgan fingerprint density at radius 1 is 1.85 bits per heavy atom. The van der Waals surface area contributed by atoms with Gasteiger partial charge in [0, 0.05) is 19.3 Å². The fourth-order valence-corrected chi connectivity index (χ4v) is 1.27. The van der Waals surface area contributed by atoms with Crippen LogP contribution in [0.25, 0.3) is 0 Å². The standard InChI is InChI=1S/C9H16N4/c1-3-4-9(12-10)5-8-6-11-13(2)7-8/h3,6-7,9,12H,1,4-5,10H2,2H3. The zero-order chi connectivity index (χ0) is 9.68. The average molecular weight is 180 g/mol. The fourth-order valence-electron chi connectivity index (χ4n) is 1.27. The van der Waals surface area contributed by atoms with Crippen molar-refractivity contribution in [2.75, 3.05) is 0 Å². The molecule has 3 N–H and O–H groups in total. The van der Waals surface area contributed by atoms with Gasteiger partial charge in [0.25, 0.3) is 0 Å². The highest BCUT2D eigenvalue weighted by atomic mass is 15.2. The molecule has 1 rings (SSSR count). The molecular weight excluding hydrogens is 164 g/mol. The molecule has 0 aromatic carbocycles. The van der Waals surface area contributed by atoms with Gasteiger partial charge in [0.2, 0.25) is 0 Å². The summed E-state index contributed by atoms with van der Waals surface area (Å²) >= 11 is 0. The third-order valence-electron chi connectivity index (χ3n) is 1.93. The van der Waals surface area contributed by atoms with Gasteiger partial charge in [-0.2, -0.15) is 5.10 Å². The second kappa shape index (κ2) is 4.79. The summed E-state index contributed by atoms with van der Waals surface area (Å²) in [5.74, 6) is 5.39. The van der Waals surface area contributed by atoms with E-state index in [1.54, 1.807) is 4.68 Å². The maximum Gasteiger partial charge on any atom is 0.0522 e. The van der Waals surface area contributed by atoms with Crippen LogP contribution in [-0.4, -0.2) is 15.8 Å². The summed E-state index contributed by atoms with van der Waals surface area (Å²) in [7, 11) is 1.90. The van der Waals surface area contributed by atoms with Crippen molar-refractivity contribution in [1.82, 2.24) is 15.2 Å². The molecule has 0 saturated heterocycles. The van der Waals surface area contributed by atoms with Gasteiger partial charge in [-0.1, -0.05) is 6.08 Å². The van der Waals surface area contributed by atoms with Crippen LogP contribution >= 0.6 is 0 Å². The lowest BCUT2D eigenvalue weighted by atomic mass is 10.1. The molecule has 0 radical (unpaired) electrons. The van der Waals surface area contributed by atoms with E-state index in [1.807, 2.05) is 25.5 Å². The van der Waals surface area contributed by atoms with Gasteiger partial charge in [-0.05, 0) is 18.4 Å². The van der Waals surface area contributed by atoms with Crippen molar-refractivity contribution >= 4 is 0 Å². The number of nitrogens with two attached hydrogens (primary N) is 1. The number of hydrazine groups is 1. The Labute approximate surface area is 78.4 Å². The second-order valence-electron chi connectivity index (χ2n) is 3.11. The van der Waals surface area contributed by atoms with E-state index in [1.165, 1.54) is 5.56 Å². The molecule has 1 aromatic rings. The summed E-state index contributed by atoms with van der Waals surface area (Å²) in [5.41, 5.74) is 3.94. The minimum absolute atomic E-state index is 0.252. The van der Waals surface area contributed by atoms with Crippen LogP contribution in [0, 0.1) is 0 Å². The van der Waals surface area contributed by atoms with Crippen molar-refractivity contribution in [1.29, 1.82) is 0 Å². The first-order chi connectivity index (χ1) is 6.26. The van der Waals surface area contributed by atoms with Crippen molar-refractivity contribution in [3.05, 3.63) is 30.6 Å². The predicted octanol–water partition coefficient (Wildman–Crippen LogP) is 0.371. The Kier molecular flexibility index (Phi) is 3.67. The van der Waals surface area contributed by atoms with E-state index in [2.05, 4.69) is 17.1 Å². The summed E-state index contributed by atoms with van der Waals surface area (Å²) < 4.78 is 1.79. The number of aryl methyl sites for hydroxylation is 1. The molecule has 0 spiro atoms. The molecule has 0 aliphatic rings. The van der Waals surface area contributed by atoms with E-state index in [0.29, 0.717) is 0 Å². The molecule has 4 nitrogen and oxygen atoms in total. The number of hydrogen-bond acceptors (Lipinski definition) is 3. The minimum atomic E-state index is 0.252. The van der Waals surface area contributed by atoms with Crippen molar-refractivity contribution in [2.45, 2.75) is 18.9 Å². The monoisotopic (exact) mass is 180 g/mol. The molecule has 1 aromatic heterocycles. The van der Waals surface area contributed by atoms with E-state index in [4.69, 9.17) is 5.84 Å². The zero-order valence-corrected chi connectivity index (χ0v) is 7.90. The van der Waals surface area contributed by atoms with Crippen LogP contribution in [0.1, 0.15) is 12.0 Å². The summed E-state index contributed by atoms with van der Waals surface area (Å²) in [5, 5.41) is 4.09. The molecule has 0 aliphatic carbocycles. The van der Waals surface area contributed by atoms with E-state index < -0.39 is 0 Å². The normalized spacial score (nSPS) is 12.8.